The van der Waals surface area contributed by atoms with Crippen LogP contribution in [0.3, 0.4) is 0 Å². The first-order valence-electron chi connectivity index (χ1n) is 20.5. The fraction of sp³-hybridized carbons (Fsp3) is 0. The van der Waals surface area contributed by atoms with Crippen LogP contribution in [0.25, 0.3) is 86.6 Å². The third kappa shape index (κ3) is 6.83. The summed E-state index contributed by atoms with van der Waals surface area (Å²) in [6.45, 7) is 0. The zero-order chi connectivity index (χ0) is 39.8. The second-order valence-corrected chi connectivity index (χ2v) is 16.5. The molecule has 60 heavy (non-hydrogen) atoms. The lowest BCUT2D eigenvalue weighted by Crippen LogP contribution is -2.10. The molecule has 1 heterocycles. The summed E-state index contributed by atoms with van der Waals surface area (Å²) in [5.41, 5.74) is 15.3. The van der Waals surface area contributed by atoms with Crippen molar-refractivity contribution in [2.45, 2.75) is 0 Å². The molecule has 11 rings (SSSR count). The number of rotatable bonds is 8. The molecule has 11 aromatic rings. The van der Waals surface area contributed by atoms with E-state index in [-0.39, 0.29) is 0 Å². The van der Waals surface area contributed by atoms with E-state index in [0.29, 0.717) is 0 Å². The van der Waals surface area contributed by atoms with Crippen LogP contribution < -0.4 is 4.90 Å². The van der Waals surface area contributed by atoms with Crippen LogP contribution in [-0.4, -0.2) is 0 Å². The number of nitrogens with zero attached hydrogens (tertiary/aromatic N) is 1. The van der Waals surface area contributed by atoms with Crippen molar-refractivity contribution in [1.82, 2.24) is 0 Å². The summed E-state index contributed by atoms with van der Waals surface area (Å²) in [6, 6.07) is 86.2. The molecule has 0 unspecified atom stereocenters. The van der Waals surface area contributed by atoms with Gasteiger partial charge in [-0.1, -0.05) is 164 Å². The number of anilines is 3. The monoisotopic (exact) mass is 781 g/mol. The van der Waals surface area contributed by atoms with E-state index in [1.54, 1.807) is 0 Å². The van der Waals surface area contributed by atoms with Gasteiger partial charge in [-0.3, -0.25) is 0 Å². The zero-order valence-corrected chi connectivity index (χ0v) is 33.7. The molecule has 0 N–H and O–H groups in total. The maximum absolute atomic E-state index is 2.38. The summed E-state index contributed by atoms with van der Waals surface area (Å²) >= 11 is 1.86. The van der Waals surface area contributed by atoms with Gasteiger partial charge in [-0.05, 0) is 139 Å². The van der Waals surface area contributed by atoms with E-state index >= 15 is 0 Å². The molecule has 0 aliphatic heterocycles. The van der Waals surface area contributed by atoms with Crippen molar-refractivity contribution in [3.05, 3.63) is 237 Å². The summed E-state index contributed by atoms with van der Waals surface area (Å²) in [6.07, 6.45) is 0. The van der Waals surface area contributed by atoms with Gasteiger partial charge in [0, 0.05) is 37.2 Å². The molecule has 0 aliphatic carbocycles. The molecule has 0 bridgehead atoms. The van der Waals surface area contributed by atoms with Crippen LogP contribution in [-0.2, 0) is 0 Å². The van der Waals surface area contributed by atoms with Crippen molar-refractivity contribution < 1.29 is 0 Å². The lowest BCUT2D eigenvalue weighted by Gasteiger charge is -2.26. The normalized spacial score (nSPS) is 11.3. The van der Waals surface area contributed by atoms with Crippen molar-refractivity contribution in [1.29, 1.82) is 0 Å². The van der Waals surface area contributed by atoms with Gasteiger partial charge >= 0.3 is 0 Å². The highest BCUT2D eigenvalue weighted by Crippen LogP contribution is 2.41. The van der Waals surface area contributed by atoms with E-state index < -0.39 is 0 Å². The standard InChI is InChI=1S/C58H39NS/c1-3-12-40(13-4-1)49-35-50(41-14-5-2-6-15-41)37-51(36-49)44-26-31-53(32-27-44)59(54-19-11-18-46(38-54)47-23-22-42-16-7-8-17-45(42)34-47)52-29-24-43(25-30-52)48-28-33-56-55-20-9-10-21-57(55)60-58(56)39-48/h1-39H. The van der Waals surface area contributed by atoms with Gasteiger partial charge in [-0.2, -0.15) is 0 Å². The van der Waals surface area contributed by atoms with Crippen molar-refractivity contribution >= 4 is 59.3 Å². The highest BCUT2D eigenvalue weighted by atomic mass is 32.1. The molecule has 0 atom stereocenters. The van der Waals surface area contributed by atoms with E-state index in [9.17, 15) is 0 Å². The van der Waals surface area contributed by atoms with Crippen LogP contribution in [0.15, 0.2) is 237 Å². The molecule has 0 amide bonds. The van der Waals surface area contributed by atoms with Crippen LogP contribution >= 0.6 is 11.3 Å². The molecule has 0 spiro atoms. The molecular weight excluding hydrogens is 743 g/mol. The molecule has 2 heteroatoms. The van der Waals surface area contributed by atoms with Crippen molar-refractivity contribution in [3.8, 4) is 55.6 Å². The van der Waals surface area contributed by atoms with Crippen LogP contribution in [0.4, 0.5) is 17.1 Å². The Balaban J connectivity index is 0.995. The molecule has 0 radical (unpaired) electrons. The Morgan fingerprint density at radius 1 is 0.233 bits per heavy atom. The lowest BCUT2D eigenvalue weighted by molar-refractivity contribution is 1.28. The van der Waals surface area contributed by atoms with Gasteiger partial charge in [0.15, 0.2) is 0 Å². The Morgan fingerprint density at radius 2 is 0.700 bits per heavy atom. The first kappa shape index (κ1) is 35.6. The predicted octanol–water partition coefficient (Wildman–Crippen LogP) is 17.0. The Kier molecular flexibility index (Phi) is 9.11. The quantitative estimate of drug-likeness (QED) is 0.148. The van der Waals surface area contributed by atoms with Crippen molar-refractivity contribution in [2.24, 2.45) is 0 Å². The number of thiophene rings is 1. The molecule has 1 nitrogen and oxygen atoms in total. The second kappa shape index (κ2) is 15.3. The van der Waals surface area contributed by atoms with Gasteiger partial charge in [0.05, 0.1) is 0 Å². The summed E-state index contributed by atoms with van der Waals surface area (Å²) < 4.78 is 2.64. The van der Waals surface area contributed by atoms with Crippen LogP contribution in [0.2, 0.25) is 0 Å². The molecule has 282 valence electrons. The number of benzene rings is 10. The van der Waals surface area contributed by atoms with Crippen molar-refractivity contribution in [2.75, 3.05) is 4.90 Å². The average molecular weight is 782 g/mol. The predicted molar refractivity (Wildman–Crippen MR) is 259 cm³/mol. The summed E-state index contributed by atoms with van der Waals surface area (Å²) in [7, 11) is 0. The summed E-state index contributed by atoms with van der Waals surface area (Å²) in [4.78, 5) is 2.38. The van der Waals surface area contributed by atoms with Crippen LogP contribution in [0.1, 0.15) is 0 Å². The Hall–Kier alpha value is -7.52. The van der Waals surface area contributed by atoms with E-state index in [2.05, 4.69) is 241 Å². The van der Waals surface area contributed by atoms with Gasteiger partial charge in [0.1, 0.15) is 0 Å². The molecule has 0 saturated carbocycles. The third-order valence-electron chi connectivity index (χ3n) is 11.6. The smallest absolute Gasteiger partial charge is 0.0467 e. The van der Waals surface area contributed by atoms with Gasteiger partial charge < -0.3 is 4.90 Å². The third-order valence-corrected chi connectivity index (χ3v) is 12.8. The first-order chi connectivity index (χ1) is 29.7. The molecule has 10 aromatic carbocycles. The minimum atomic E-state index is 1.09. The molecule has 0 saturated heterocycles. The average Bonchev–Trinajstić information content (AvgIpc) is 3.70. The van der Waals surface area contributed by atoms with Crippen molar-refractivity contribution in [3.63, 3.8) is 0 Å². The fourth-order valence-corrected chi connectivity index (χ4v) is 9.69. The van der Waals surface area contributed by atoms with E-state index in [1.807, 2.05) is 11.3 Å². The van der Waals surface area contributed by atoms with E-state index in [4.69, 9.17) is 0 Å². The molecule has 0 aliphatic rings. The SMILES string of the molecule is c1ccc(-c2cc(-c3ccccc3)cc(-c3ccc(N(c4ccc(-c5ccc6c(c5)sc5ccccc56)cc4)c4cccc(-c5ccc6ccccc6c5)c4)cc3)c2)cc1. The van der Waals surface area contributed by atoms with Gasteiger partial charge in [-0.25, -0.2) is 0 Å². The van der Waals surface area contributed by atoms with E-state index in [1.165, 1.54) is 86.6 Å². The first-order valence-corrected chi connectivity index (χ1v) is 21.3. The topological polar surface area (TPSA) is 3.24 Å². The highest BCUT2D eigenvalue weighted by molar-refractivity contribution is 7.25. The molecular formula is C58H39NS. The minimum Gasteiger partial charge on any atom is -0.310 e. The Bertz CT molecular complexity index is 3230. The fourth-order valence-electron chi connectivity index (χ4n) is 8.54. The Labute approximate surface area is 354 Å². The largest absolute Gasteiger partial charge is 0.310 e. The molecule has 0 fully saturated rings. The number of hydrogen-bond donors (Lipinski definition) is 0. The lowest BCUT2D eigenvalue weighted by atomic mass is 9.93. The maximum atomic E-state index is 2.38. The number of fused-ring (bicyclic) bond motifs is 4. The maximum Gasteiger partial charge on any atom is 0.0467 e. The highest BCUT2D eigenvalue weighted by Gasteiger charge is 2.16. The Morgan fingerprint density at radius 3 is 1.37 bits per heavy atom. The van der Waals surface area contributed by atoms with Crippen LogP contribution in [0.5, 0.6) is 0 Å². The van der Waals surface area contributed by atoms with Gasteiger partial charge in [-0.15, -0.1) is 11.3 Å². The van der Waals surface area contributed by atoms with Gasteiger partial charge in [0.2, 0.25) is 0 Å². The summed E-state index contributed by atoms with van der Waals surface area (Å²) in [5, 5.41) is 5.13. The van der Waals surface area contributed by atoms with Gasteiger partial charge in [0.25, 0.3) is 0 Å². The minimum absolute atomic E-state index is 1.09. The van der Waals surface area contributed by atoms with E-state index in [0.717, 1.165) is 17.1 Å². The second-order valence-electron chi connectivity index (χ2n) is 15.4. The van der Waals surface area contributed by atoms with Crippen LogP contribution in [0, 0.1) is 0 Å². The zero-order valence-electron chi connectivity index (χ0n) is 32.9. The summed E-state index contributed by atoms with van der Waals surface area (Å²) in [5.74, 6) is 0. The molecule has 1 aromatic heterocycles. The number of hydrogen-bond acceptors (Lipinski definition) is 2.